The van der Waals surface area contributed by atoms with Gasteiger partial charge in [0.15, 0.2) is 0 Å². The van der Waals surface area contributed by atoms with Gasteiger partial charge in [-0.15, -0.1) is 0 Å². The fraction of sp³-hybridized carbons (Fsp3) is 0.845. The van der Waals surface area contributed by atoms with E-state index in [9.17, 15) is 15.0 Å². The summed E-state index contributed by atoms with van der Waals surface area (Å²) in [5.41, 5.74) is 0. The number of amides is 1. The molecule has 0 bridgehead atoms. The predicted octanol–water partition coefficient (Wildman–Crippen LogP) is 23.1. The minimum absolute atomic E-state index is 0.0717. The normalized spacial score (nSPS) is 13.1. The van der Waals surface area contributed by atoms with Crippen LogP contribution in [0, 0.1) is 0 Å². The third-order valence-corrected chi connectivity index (χ3v) is 15.7. The Hall–Kier alpha value is -1.91. The number of carbonyl (C=O) groups excluding carboxylic acids is 1. The average Bonchev–Trinajstić information content (AvgIpc) is 3.41. The molecule has 0 aromatic rings. The van der Waals surface area contributed by atoms with Crippen LogP contribution in [0.2, 0.25) is 0 Å². The minimum atomic E-state index is -0.871. The van der Waals surface area contributed by atoms with E-state index in [0.717, 1.165) is 44.9 Å². The second kappa shape index (κ2) is 66.4. The second-order valence-corrected chi connectivity index (χ2v) is 23.2. The molecule has 0 radical (unpaired) electrons. The molecule has 0 fully saturated rings. The summed E-state index contributed by atoms with van der Waals surface area (Å²) in [7, 11) is 0. The van der Waals surface area contributed by atoms with Crippen LogP contribution in [-0.4, -0.2) is 34.9 Å². The van der Waals surface area contributed by atoms with Gasteiger partial charge in [-0.3, -0.25) is 4.79 Å². The molecule has 0 aliphatic rings. The maximum atomic E-state index is 12.5. The SMILES string of the molecule is CCCCCCC/C=C\C/C=C\CCCCCCCCCCCCCCCCCCCCCCCCCCCCCCCC(=O)NC(CO)C(O)/C=C/CC/C=C/CC/C=C/CCCCCCCCCCCCCC. The molecular weight excluding hydrogens is 915 g/mol. The van der Waals surface area contributed by atoms with Crippen molar-refractivity contribution in [3.8, 4) is 0 Å². The molecule has 0 rings (SSSR count). The molecule has 0 saturated heterocycles. The van der Waals surface area contributed by atoms with Gasteiger partial charge in [-0.05, 0) is 77.0 Å². The third kappa shape index (κ3) is 62.8. The van der Waals surface area contributed by atoms with Crippen LogP contribution < -0.4 is 5.32 Å². The molecule has 0 aromatic heterocycles. The van der Waals surface area contributed by atoms with Crippen LogP contribution in [0.4, 0.5) is 0 Å². The Bertz CT molecular complexity index is 1230. The second-order valence-electron chi connectivity index (χ2n) is 23.2. The van der Waals surface area contributed by atoms with Crippen LogP contribution in [0.25, 0.3) is 0 Å². The van der Waals surface area contributed by atoms with Gasteiger partial charge >= 0.3 is 0 Å². The lowest BCUT2D eigenvalue weighted by Gasteiger charge is -2.19. The first-order chi connectivity index (χ1) is 37.2. The Kier molecular flexibility index (Phi) is 64.7. The van der Waals surface area contributed by atoms with Crippen molar-refractivity contribution in [2.75, 3.05) is 6.61 Å². The summed E-state index contributed by atoms with van der Waals surface area (Å²) in [4.78, 5) is 12.5. The van der Waals surface area contributed by atoms with E-state index in [1.165, 1.54) is 302 Å². The van der Waals surface area contributed by atoms with Crippen molar-refractivity contribution in [3.05, 3.63) is 60.8 Å². The Morgan fingerprint density at radius 1 is 0.320 bits per heavy atom. The quantitative estimate of drug-likeness (QED) is 0.0420. The Balaban J connectivity index is 3.43. The summed E-state index contributed by atoms with van der Waals surface area (Å²) < 4.78 is 0. The number of aliphatic hydroxyl groups excluding tert-OH is 2. The summed E-state index contributed by atoms with van der Waals surface area (Å²) in [5.74, 6) is -0.0717. The molecule has 1 amide bonds. The van der Waals surface area contributed by atoms with Gasteiger partial charge in [-0.2, -0.15) is 0 Å². The van der Waals surface area contributed by atoms with Crippen LogP contribution >= 0.6 is 0 Å². The average molecular weight is 1050 g/mol. The van der Waals surface area contributed by atoms with Crippen molar-refractivity contribution in [1.82, 2.24) is 5.32 Å². The third-order valence-electron chi connectivity index (χ3n) is 15.7. The smallest absolute Gasteiger partial charge is 0.220 e. The Morgan fingerprint density at radius 3 is 0.853 bits per heavy atom. The van der Waals surface area contributed by atoms with Crippen molar-refractivity contribution in [2.45, 2.75) is 379 Å². The van der Waals surface area contributed by atoms with Crippen molar-refractivity contribution in [2.24, 2.45) is 0 Å². The molecule has 3 N–H and O–H groups in total. The number of allylic oxidation sites excluding steroid dienone is 9. The first-order valence-corrected chi connectivity index (χ1v) is 34.0. The molecule has 0 aliphatic heterocycles. The summed E-state index contributed by atoms with van der Waals surface area (Å²) in [6, 6.07) is -0.646. The highest BCUT2D eigenvalue weighted by Gasteiger charge is 2.18. The van der Waals surface area contributed by atoms with Gasteiger partial charge in [0.05, 0.1) is 18.8 Å². The van der Waals surface area contributed by atoms with E-state index in [4.69, 9.17) is 0 Å². The molecule has 440 valence electrons. The minimum Gasteiger partial charge on any atom is -0.394 e. The van der Waals surface area contributed by atoms with Gasteiger partial charge < -0.3 is 15.5 Å². The van der Waals surface area contributed by atoms with Gasteiger partial charge in [0.25, 0.3) is 0 Å². The molecule has 4 nitrogen and oxygen atoms in total. The zero-order valence-electron chi connectivity index (χ0n) is 50.8. The maximum absolute atomic E-state index is 12.5. The molecule has 0 spiro atoms. The van der Waals surface area contributed by atoms with Crippen molar-refractivity contribution >= 4 is 5.91 Å². The summed E-state index contributed by atoms with van der Waals surface area (Å²) in [6.07, 6.45) is 94.5. The molecule has 0 heterocycles. The van der Waals surface area contributed by atoms with Crippen LogP contribution in [0.5, 0.6) is 0 Å². The van der Waals surface area contributed by atoms with Crippen LogP contribution in [0.15, 0.2) is 60.8 Å². The molecule has 0 aromatic carbocycles. The van der Waals surface area contributed by atoms with Crippen molar-refractivity contribution in [1.29, 1.82) is 0 Å². The fourth-order valence-corrected chi connectivity index (χ4v) is 10.5. The van der Waals surface area contributed by atoms with E-state index in [0.29, 0.717) is 6.42 Å². The van der Waals surface area contributed by atoms with Crippen LogP contribution in [0.3, 0.4) is 0 Å². The van der Waals surface area contributed by atoms with E-state index in [2.05, 4.69) is 67.8 Å². The highest BCUT2D eigenvalue weighted by atomic mass is 16.3. The molecule has 75 heavy (non-hydrogen) atoms. The van der Waals surface area contributed by atoms with E-state index in [-0.39, 0.29) is 12.5 Å². The lowest BCUT2D eigenvalue weighted by Crippen LogP contribution is -2.45. The number of hydrogen-bond donors (Lipinski definition) is 3. The summed E-state index contributed by atoms with van der Waals surface area (Å²) in [6.45, 7) is 4.31. The van der Waals surface area contributed by atoms with E-state index < -0.39 is 12.1 Å². The van der Waals surface area contributed by atoms with Crippen molar-refractivity contribution in [3.63, 3.8) is 0 Å². The van der Waals surface area contributed by atoms with E-state index in [1.807, 2.05) is 6.08 Å². The van der Waals surface area contributed by atoms with E-state index in [1.54, 1.807) is 6.08 Å². The molecule has 0 aliphatic carbocycles. The van der Waals surface area contributed by atoms with Gasteiger partial charge in [0.1, 0.15) is 0 Å². The number of aliphatic hydroxyl groups is 2. The number of carbonyl (C=O) groups is 1. The van der Waals surface area contributed by atoms with Crippen molar-refractivity contribution < 1.29 is 15.0 Å². The lowest BCUT2D eigenvalue weighted by atomic mass is 10.0. The molecule has 0 saturated carbocycles. The first kappa shape index (κ1) is 73.1. The molecule has 2 unspecified atom stereocenters. The largest absolute Gasteiger partial charge is 0.394 e. The lowest BCUT2D eigenvalue weighted by molar-refractivity contribution is -0.123. The number of rotatable bonds is 63. The molecule has 2 atom stereocenters. The van der Waals surface area contributed by atoms with Crippen LogP contribution in [-0.2, 0) is 4.79 Å². The van der Waals surface area contributed by atoms with Gasteiger partial charge in [-0.25, -0.2) is 0 Å². The number of hydrogen-bond acceptors (Lipinski definition) is 3. The Morgan fingerprint density at radius 2 is 0.560 bits per heavy atom. The van der Waals surface area contributed by atoms with Gasteiger partial charge in [-0.1, -0.05) is 344 Å². The topological polar surface area (TPSA) is 69.6 Å². The summed E-state index contributed by atoms with van der Waals surface area (Å²) in [5, 5.41) is 23.2. The standard InChI is InChI=1S/C71H133NO3/c1-3-5-7-9-11-13-15-17-19-21-23-25-27-28-29-30-31-32-33-34-35-36-37-38-39-40-41-42-43-44-45-47-49-51-53-55-57-59-61-63-65-67-71(75)72-69(68-73)70(74)66-64-62-60-58-56-54-52-50-48-46-26-24-22-20-18-16-14-12-10-8-6-4-2/h15,17,21,23,48,50,56,58,64,66,69-70,73-74H,3-14,16,18-20,22,24-47,49,51-55,57,59-63,65,67-68H2,1-2H3,(H,72,75)/b17-15-,23-21-,50-48+,58-56+,66-64+. The zero-order valence-corrected chi connectivity index (χ0v) is 50.8. The Labute approximate surface area is 470 Å². The first-order valence-electron chi connectivity index (χ1n) is 34.0. The van der Waals surface area contributed by atoms with Gasteiger partial charge in [0.2, 0.25) is 5.91 Å². The van der Waals surface area contributed by atoms with E-state index >= 15 is 0 Å². The number of nitrogens with one attached hydrogen (secondary N) is 1. The highest BCUT2D eigenvalue weighted by Crippen LogP contribution is 2.18. The molecular formula is C71H133NO3. The predicted molar refractivity (Wildman–Crippen MR) is 336 cm³/mol. The monoisotopic (exact) mass is 1050 g/mol. The summed E-state index contributed by atoms with van der Waals surface area (Å²) >= 11 is 0. The zero-order chi connectivity index (χ0) is 54.1. The maximum Gasteiger partial charge on any atom is 0.220 e. The highest BCUT2D eigenvalue weighted by molar-refractivity contribution is 5.76. The molecule has 4 heteroatoms. The number of unbranched alkanes of at least 4 members (excludes halogenated alkanes) is 48. The van der Waals surface area contributed by atoms with Crippen LogP contribution in [0.1, 0.15) is 367 Å². The fourth-order valence-electron chi connectivity index (χ4n) is 10.5. The van der Waals surface area contributed by atoms with Gasteiger partial charge in [0, 0.05) is 6.42 Å².